The quantitative estimate of drug-likeness (QED) is 0.792. The maximum Gasteiger partial charge on any atom is 0.244 e. The molecule has 0 saturated heterocycles. The van der Waals surface area contributed by atoms with Crippen molar-refractivity contribution in [3.63, 3.8) is 0 Å². The van der Waals surface area contributed by atoms with E-state index in [2.05, 4.69) is 28.5 Å². The molecule has 4 N–H and O–H groups in total. The van der Waals surface area contributed by atoms with Crippen molar-refractivity contribution in [2.75, 3.05) is 5.32 Å². The summed E-state index contributed by atoms with van der Waals surface area (Å²) in [4.78, 5) is 11.2. The zero-order valence-electron chi connectivity index (χ0n) is 14.1. The van der Waals surface area contributed by atoms with E-state index in [1.807, 2.05) is 12.1 Å². The number of nitrogens with two attached hydrogens (primary N) is 1. The SMILES string of the molecule is CCCc1[nH]nc2c1[C@H](c1ccc(NC(C)=O)cc1)C(C#N)=C(N)O2. The molecule has 1 aliphatic rings. The third kappa shape index (κ3) is 3.06. The average molecular weight is 337 g/mol. The van der Waals surface area contributed by atoms with Gasteiger partial charge in [-0.1, -0.05) is 25.5 Å². The summed E-state index contributed by atoms with van der Waals surface area (Å²) in [5, 5.41) is 19.5. The maximum absolute atomic E-state index is 11.2. The number of nitrogens with one attached hydrogen (secondary N) is 2. The fourth-order valence-corrected chi connectivity index (χ4v) is 3.04. The summed E-state index contributed by atoms with van der Waals surface area (Å²) in [5.41, 5.74) is 9.66. The van der Waals surface area contributed by atoms with Gasteiger partial charge in [0.1, 0.15) is 11.6 Å². The van der Waals surface area contributed by atoms with E-state index in [1.54, 1.807) is 12.1 Å². The maximum atomic E-state index is 11.2. The molecule has 128 valence electrons. The highest BCUT2D eigenvalue weighted by Crippen LogP contribution is 2.43. The number of benzene rings is 1. The molecule has 0 saturated carbocycles. The highest BCUT2D eigenvalue weighted by Gasteiger charge is 2.34. The van der Waals surface area contributed by atoms with Crippen molar-refractivity contribution < 1.29 is 9.53 Å². The van der Waals surface area contributed by atoms with Crippen LogP contribution in [0.15, 0.2) is 35.7 Å². The molecule has 25 heavy (non-hydrogen) atoms. The van der Waals surface area contributed by atoms with Gasteiger partial charge < -0.3 is 15.8 Å². The van der Waals surface area contributed by atoms with E-state index in [4.69, 9.17) is 10.5 Å². The third-order valence-corrected chi connectivity index (χ3v) is 4.08. The van der Waals surface area contributed by atoms with E-state index in [1.165, 1.54) is 6.92 Å². The van der Waals surface area contributed by atoms with Crippen molar-refractivity contribution in [2.45, 2.75) is 32.6 Å². The first-order valence-electron chi connectivity index (χ1n) is 8.07. The number of hydrogen-bond donors (Lipinski definition) is 3. The second kappa shape index (κ2) is 6.69. The Morgan fingerprint density at radius 3 is 2.76 bits per heavy atom. The van der Waals surface area contributed by atoms with Gasteiger partial charge in [0.2, 0.25) is 17.7 Å². The molecule has 2 aromatic rings. The summed E-state index contributed by atoms with van der Waals surface area (Å²) in [6, 6.07) is 9.52. The van der Waals surface area contributed by atoms with Gasteiger partial charge in [0.05, 0.1) is 5.92 Å². The molecular weight excluding hydrogens is 318 g/mol. The number of aryl methyl sites for hydroxylation is 1. The van der Waals surface area contributed by atoms with Crippen LogP contribution in [0.5, 0.6) is 5.88 Å². The average Bonchev–Trinajstić information content (AvgIpc) is 2.96. The number of nitrogens with zero attached hydrogens (tertiary/aromatic N) is 2. The van der Waals surface area contributed by atoms with Gasteiger partial charge in [-0.05, 0) is 24.1 Å². The fraction of sp³-hybridized carbons (Fsp3) is 0.278. The van der Waals surface area contributed by atoms with Crippen LogP contribution in [-0.2, 0) is 11.2 Å². The predicted octanol–water partition coefficient (Wildman–Crippen LogP) is 2.54. The minimum absolute atomic E-state index is 0.0699. The van der Waals surface area contributed by atoms with Crippen LogP contribution in [0, 0.1) is 11.3 Å². The van der Waals surface area contributed by atoms with E-state index >= 15 is 0 Å². The molecule has 1 atom stereocenters. The molecule has 2 heterocycles. The van der Waals surface area contributed by atoms with Crippen molar-refractivity contribution in [1.82, 2.24) is 10.2 Å². The number of aromatic nitrogens is 2. The van der Waals surface area contributed by atoms with Crippen LogP contribution in [0.4, 0.5) is 5.69 Å². The van der Waals surface area contributed by atoms with Gasteiger partial charge in [-0.3, -0.25) is 9.89 Å². The molecular formula is C18H19N5O2. The Balaban J connectivity index is 2.08. The zero-order valence-corrected chi connectivity index (χ0v) is 14.1. The normalized spacial score (nSPS) is 16.0. The van der Waals surface area contributed by atoms with Crippen LogP contribution in [0.2, 0.25) is 0 Å². The molecule has 0 unspecified atom stereocenters. The van der Waals surface area contributed by atoms with E-state index in [0.29, 0.717) is 17.1 Å². The molecule has 1 aliphatic heterocycles. The Hall–Kier alpha value is -3.27. The molecule has 1 amide bonds. The first-order chi connectivity index (χ1) is 12.0. The number of carbonyl (C=O) groups is 1. The molecule has 0 bridgehead atoms. The Labute approximate surface area is 145 Å². The van der Waals surface area contributed by atoms with Crippen molar-refractivity contribution in [3.8, 4) is 11.9 Å². The van der Waals surface area contributed by atoms with Gasteiger partial charge in [0, 0.05) is 23.9 Å². The van der Waals surface area contributed by atoms with E-state index in [0.717, 1.165) is 29.7 Å². The monoisotopic (exact) mass is 337 g/mol. The Morgan fingerprint density at radius 1 is 1.44 bits per heavy atom. The number of carbonyl (C=O) groups excluding carboxylic acids is 1. The molecule has 7 nitrogen and oxygen atoms in total. The first-order valence-corrected chi connectivity index (χ1v) is 8.07. The lowest BCUT2D eigenvalue weighted by molar-refractivity contribution is -0.114. The summed E-state index contributed by atoms with van der Waals surface area (Å²) in [6.07, 6.45) is 1.73. The summed E-state index contributed by atoms with van der Waals surface area (Å²) < 4.78 is 5.53. The first kappa shape index (κ1) is 16.6. The van der Waals surface area contributed by atoms with Crippen molar-refractivity contribution >= 4 is 11.6 Å². The predicted molar refractivity (Wildman–Crippen MR) is 92.6 cm³/mol. The Kier molecular flexibility index (Phi) is 4.44. The van der Waals surface area contributed by atoms with Gasteiger partial charge in [0.15, 0.2) is 0 Å². The number of amides is 1. The topological polar surface area (TPSA) is 117 Å². The minimum Gasteiger partial charge on any atom is -0.420 e. The fourth-order valence-electron chi connectivity index (χ4n) is 3.04. The lowest BCUT2D eigenvalue weighted by atomic mass is 9.83. The van der Waals surface area contributed by atoms with Crippen LogP contribution < -0.4 is 15.8 Å². The third-order valence-electron chi connectivity index (χ3n) is 4.08. The number of aromatic amines is 1. The van der Waals surface area contributed by atoms with Gasteiger partial charge in [-0.25, -0.2) is 0 Å². The number of nitriles is 1. The molecule has 7 heteroatoms. The van der Waals surface area contributed by atoms with Gasteiger partial charge >= 0.3 is 0 Å². The van der Waals surface area contributed by atoms with Crippen LogP contribution in [0.3, 0.4) is 0 Å². The Morgan fingerprint density at radius 2 is 2.16 bits per heavy atom. The summed E-state index contributed by atoms with van der Waals surface area (Å²) >= 11 is 0. The van der Waals surface area contributed by atoms with E-state index in [-0.39, 0.29) is 17.7 Å². The second-order valence-electron chi connectivity index (χ2n) is 5.90. The highest BCUT2D eigenvalue weighted by molar-refractivity contribution is 5.88. The number of rotatable bonds is 4. The summed E-state index contributed by atoms with van der Waals surface area (Å²) in [5.74, 6) is -0.000162. The summed E-state index contributed by atoms with van der Waals surface area (Å²) in [6.45, 7) is 3.53. The molecule has 0 spiro atoms. The molecule has 0 radical (unpaired) electrons. The Bertz CT molecular complexity index is 874. The molecule has 1 aromatic carbocycles. The largest absolute Gasteiger partial charge is 0.420 e. The molecule has 0 fully saturated rings. The number of ether oxygens (including phenoxy) is 1. The van der Waals surface area contributed by atoms with Crippen molar-refractivity contribution in [2.24, 2.45) is 5.73 Å². The lowest BCUT2D eigenvalue weighted by Crippen LogP contribution is -2.21. The minimum atomic E-state index is -0.347. The van der Waals surface area contributed by atoms with Gasteiger partial charge in [-0.2, -0.15) is 5.26 Å². The van der Waals surface area contributed by atoms with Gasteiger partial charge in [0.25, 0.3) is 0 Å². The van der Waals surface area contributed by atoms with Crippen LogP contribution in [0.25, 0.3) is 0 Å². The van der Waals surface area contributed by atoms with Crippen molar-refractivity contribution in [1.29, 1.82) is 5.26 Å². The van der Waals surface area contributed by atoms with Crippen molar-refractivity contribution in [3.05, 3.63) is 52.5 Å². The number of allylic oxidation sites excluding steroid dienone is 1. The number of H-pyrrole nitrogens is 1. The summed E-state index contributed by atoms with van der Waals surface area (Å²) in [7, 11) is 0. The van der Waals surface area contributed by atoms with E-state index in [9.17, 15) is 10.1 Å². The number of anilines is 1. The highest BCUT2D eigenvalue weighted by atomic mass is 16.5. The standard InChI is InChI=1S/C18H19N5O2/c1-3-4-14-16-15(11-5-7-12(8-6-11)21-10(2)24)13(9-19)17(20)25-18(16)23-22-14/h5-8,15H,3-4,20H2,1-2H3,(H,21,24)(H,22,23)/t15-/m1/s1. The zero-order chi connectivity index (χ0) is 18.0. The molecule has 1 aromatic heterocycles. The number of hydrogen-bond acceptors (Lipinski definition) is 5. The van der Waals surface area contributed by atoms with E-state index < -0.39 is 0 Å². The lowest BCUT2D eigenvalue weighted by Gasteiger charge is -2.24. The second-order valence-corrected chi connectivity index (χ2v) is 5.90. The molecule has 3 rings (SSSR count). The molecule has 0 aliphatic carbocycles. The van der Waals surface area contributed by atoms with Gasteiger partial charge in [-0.15, -0.1) is 5.10 Å². The van der Waals surface area contributed by atoms with Crippen LogP contribution in [0.1, 0.15) is 43.0 Å². The smallest absolute Gasteiger partial charge is 0.244 e. The van der Waals surface area contributed by atoms with Crippen LogP contribution in [-0.4, -0.2) is 16.1 Å². The van der Waals surface area contributed by atoms with Crippen LogP contribution >= 0.6 is 0 Å². The number of fused-ring (bicyclic) bond motifs is 1.